The number of nitrogens with zero attached hydrogens (tertiary/aromatic N) is 1. The van der Waals surface area contributed by atoms with E-state index in [1.165, 1.54) is 0 Å². The Bertz CT molecular complexity index is 217. The lowest BCUT2D eigenvalue weighted by Crippen LogP contribution is -2.36. The highest BCUT2D eigenvalue weighted by Gasteiger charge is 2.26. The molecule has 1 aliphatic heterocycles. The summed E-state index contributed by atoms with van der Waals surface area (Å²) in [5.41, 5.74) is 5.07. The summed E-state index contributed by atoms with van der Waals surface area (Å²) in [4.78, 5) is 23.5. The highest BCUT2D eigenvalue weighted by Crippen LogP contribution is 2.18. The fraction of sp³-hybridized carbons (Fsp3) is 0.750. The molecule has 3 N–H and O–H groups in total. The van der Waals surface area contributed by atoms with Crippen LogP contribution in [0.15, 0.2) is 0 Å². The molecule has 0 spiro atoms. The summed E-state index contributed by atoms with van der Waals surface area (Å²) < 4.78 is 0. The summed E-state index contributed by atoms with van der Waals surface area (Å²) in [5.74, 6) is -0.0430. The number of hydrogen-bond donors (Lipinski definition) is 2. The molecule has 1 heterocycles. The van der Waals surface area contributed by atoms with Crippen LogP contribution in [0.25, 0.3) is 0 Å². The Hall–Kier alpha value is -1.26. The van der Waals surface area contributed by atoms with Crippen molar-refractivity contribution in [2.75, 3.05) is 20.1 Å². The number of carbonyl (C=O) groups is 2. The summed E-state index contributed by atoms with van der Waals surface area (Å²) >= 11 is 0. The summed E-state index contributed by atoms with van der Waals surface area (Å²) in [6.07, 6.45) is 1.25. The average Bonchev–Trinajstić information content (AvgIpc) is 2.50. The van der Waals surface area contributed by atoms with Gasteiger partial charge in [0.1, 0.15) is 0 Å². The molecule has 5 heteroatoms. The van der Waals surface area contributed by atoms with Gasteiger partial charge in [0.15, 0.2) is 0 Å². The molecule has 0 aromatic rings. The number of nitrogens with two attached hydrogens (primary N) is 1. The van der Waals surface area contributed by atoms with Crippen molar-refractivity contribution in [2.24, 2.45) is 11.7 Å². The van der Waals surface area contributed by atoms with Crippen LogP contribution in [0, 0.1) is 5.92 Å². The fourth-order valence-corrected chi connectivity index (χ4v) is 1.63. The van der Waals surface area contributed by atoms with Crippen LogP contribution in [-0.2, 0) is 4.79 Å². The number of urea groups is 1. The summed E-state index contributed by atoms with van der Waals surface area (Å²) in [7, 11) is 1.60. The number of nitrogens with one attached hydrogen (secondary N) is 1. The lowest BCUT2D eigenvalue weighted by atomic mass is 10.1. The summed E-state index contributed by atoms with van der Waals surface area (Å²) in [5, 5.41) is 2.55. The van der Waals surface area contributed by atoms with Gasteiger partial charge in [0, 0.05) is 26.6 Å². The molecule has 0 aliphatic carbocycles. The molecular weight excluding hydrogens is 170 g/mol. The lowest BCUT2D eigenvalue weighted by Gasteiger charge is -2.14. The number of amides is 3. The Labute approximate surface area is 77.3 Å². The van der Waals surface area contributed by atoms with E-state index in [1.807, 2.05) is 0 Å². The van der Waals surface area contributed by atoms with Crippen molar-refractivity contribution < 1.29 is 9.59 Å². The molecule has 0 aromatic heterocycles. The molecule has 74 valence electrons. The second kappa shape index (κ2) is 4.11. The number of hydrogen-bond acceptors (Lipinski definition) is 2. The second-order valence-corrected chi connectivity index (χ2v) is 3.33. The van der Waals surface area contributed by atoms with E-state index < -0.39 is 0 Å². The van der Waals surface area contributed by atoms with Crippen molar-refractivity contribution in [2.45, 2.75) is 12.8 Å². The maximum absolute atomic E-state index is 11.1. The van der Waals surface area contributed by atoms with Gasteiger partial charge in [-0.1, -0.05) is 0 Å². The highest BCUT2D eigenvalue weighted by atomic mass is 16.2. The maximum Gasteiger partial charge on any atom is 0.317 e. The van der Waals surface area contributed by atoms with Crippen molar-refractivity contribution in [3.05, 3.63) is 0 Å². The van der Waals surface area contributed by atoms with Gasteiger partial charge < -0.3 is 16.0 Å². The SMILES string of the molecule is CNC(=O)N1CCC(CC(N)=O)C1. The van der Waals surface area contributed by atoms with Crippen LogP contribution in [0.2, 0.25) is 0 Å². The third-order valence-electron chi connectivity index (χ3n) is 2.28. The van der Waals surface area contributed by atoms with E-state index in [1.54, 1.807) is 11.9 Å². The predicted octanol–water partition coefficient (Wildman–Crippen LogP) is -0.477. The van der Waals surface area contributed by atoms with Gasteiger partial charge in [-0.25, -0.2) is 4.79 Å². The lowest BCUT2D eigenvalue weighted by molar-refractivity contribution is -0.118. The van der Waals surface area contributed by atoms with Crippen molar-refractivity contribution in [3.63, 3.8) is 0 Å². The number of rotatable bonds is 2. The standard InChI is InChI=1S/C8H15N3O2/c1-10-8(13)11-3-2-6(5-11)4-7(9)12/h6H,2-5H2,1H3,(H2,9,12)(H,10,13). The van der Waals surface area contributed by atoms with E-state index in [-0.39, 0.29) is 17.9 Å². The van der Waals surface area contributed by atoms with Crippen LogP contribution in [0.3, 0.4) is 0 Å². The zero-order valence-electron chi connectivity index (χ0n) is 7.75. The number of carbonyl (C=O) groups excluding carboxylic acids is 2. The van der Waals surface area contributed by atoms with Crippen molar-refractivity contribution in [3.8, 4) is 0 Å². The van der Waals surface area contributed by atoms with Gasteiger partial charge in [-0.3, -0.25) is 4.79 Å². The first-order valence-electron chi connectivity index (χ1n) is 4.38. The van der Waals surface area contributed by atoms with Gasteiger partial charge in [0.05, 0.1) is 0 Å². The topological polar surface area (TPSA) is 75.4 Å². The molecular formula is C8H15N3O2. The first kappa shape index (κ1) is 9.83. The Morgan fingerprint density at radius 1 is 1.62 bits per heavy atom. The summed E-state index contributed by atoms with van der Waals surface area (Å²) in [6.45, 7) is 1.36. The van der Waals surface area contributed by atoms with Crippen LogP contribution >= 0.6 is 0 Å². The molecule has 1 aliphatic rings. The number of primary amides is 1. The molecule has 0 bridgehead atoms. The molecule has 1 saturated heterocycles. The van der Waals surface area contributed by atoms with Crippen molar-refractivity contribution >= 4 is 11.9 Å². The Morgan fingerprint density at radius 3 is 2.85 bits per heavy atom. The summed E-state index contributed by atoms with van der Waals surface area (Å²) in [6, 6.07) is -0.0769. The Morgan fingerprint density at radius 2 is 2.31 bits per heavy atom. The zero-order chi connectivity index (χ0) is 9.84. The molecule has 3 amide bonds. The molecule has 1 atom stereocenters. The Kier molecular flexibility index (Phi) is 3.11. The van der Waals surface area contributed by atoms with E-state index in [0.29, 0.717) is 13.0 Å². The average molecular weight is 185 g/mol. The minimum absolute atomic E-state index is 0.0769. The van der Waals surface area contributed by atoms with E-state index in [0.717, 1.165) is 13.0 Å². The molecule has 0 aromatic carbocycles. The predicted molar refractivity (Wildman–Crippen MR) is 47.9 cm³/mol. The fourth-order valence-electron chi connectivity index (χ4n) is 1.63. The van der Waals surface area contributed by atoms with Crippen LogP contribution in [0.5, 0.6) is 0 Å². The van der Waals surface area contributed by atoms with Crippen LogP contribution in [-0.4, -0.2) is 37.0 Å². The quantitative estimate of drug-likeness (QED) is 0.610. The van der Waals surface area contributed by atoms with Gasteiger partial charge in [-0.15, -0.1) is 0 Å². The van der Waals surface area contributed by atoms with E-state index in [4.69, 9.17) is 5.73 Å². The highest BCUT2D eigenvalue weighted by molar-refractivity contribution is 5.75. The monoisotopic (exact) mass is 185 g/mol. The minimum Gasteiger partial charge on any atom is -0.370 e. The molecule has 13 heavy (non-hydrogen) atoms. The minimum atomic E-state index is -0.288. The molecule has 1 rings (SSSR count). The molecule has 0 saturated carbocycles. The van der Waals surface area contributed by atoms with E-state index in [2.05, 4.69) is 5.32 Å². The molecule has 1 fully saturated rings. The second-order valence-electron chi connectivity index (χ2n) is 3.33. The van der Waals surface area contributed by atoms with Crippen molar-refractivity contribution in [1.82, 2.24) is 10.2 Å². The third kappa shape index (κ3) is 2.61. The Balaban J connectivity index is 2.36. The van der Waals surface area contributed by atoms with Crippen LogP contribution < -0.4 is 11.1 Å². The van der Waals surface area contributed by atoms with E-state index in [9.17, 15) is 9.59 Å². The van der Waals surface area contributed by atoms with Crippen molar-refractivity contribution in [1.29, 1.82) is 0 Å². The zero-order valence-corrected chi connectivity index (χ0v) is 7.75. The molecule has 1 unspecified atom stereocenters. The first-order valence-corrected chi connectivity index (χ1v) is 4.38. The molecule has 5 nitrogen and oxygen atoms in total. The van der Waals surface area contributed by atoms with Gasteiger partial charge >= 0.3 is 6.03 Å². The van der Waals surface area contributed by atoms with Gasteiger partial charge in [-0.05, 0) is 12.3 Å². The maximum atomic E-state index is 11.1. The van der Waals surface area contributed by atoms with Crippen LogP contribution in [0.4, 0.5) is 4.79 Å². The van der Waals surface area contributed by atoms with Crippen LogP contribution in [0.1, 0.15) is 12.8 Å². The van der Waals surface area contributed by atoms with Gasteiger partial charge in [0.25, 0.3) is 0 Å². The largest absolute Gasteiger partial charge is 0.370 e. The normalized spacial score (nSPS) is 21.6. The van der Waals surface area contributed by atoms with Gasteiger partial charge in [0.2, 0.25) is 5.91 Å². The van der Waals surface area contributed by atoms with Gasteiger partial charge in [-0.2, -0.15) is 0 Å². The molecule has 0 radical (unpaired) electrons. The third-order valence-corrected chi connectivity index (χ3v) is 2.28. The smallest absolute Gasteiger partial charge is 0.317 e. The number of likely N-dealkylation sites (tertiary alicyclic amines) is 1. The van der Waals surface area contributed by atoms with E-state index >= 15 is 0 Å². The first-order chi connectivity index (χ1) is 6.13.